The van der Waals surface area contributed by atoms with Crippen molar-refractivity contribution in [1.29, 1.82) is 0 Å². The molecule has 0 saturated heterocycles. The van der Waals surface area contributed by atoms with Crippen LogP contribution in [0.4, 0.5) is 22.7 Å². The number of hydrogen-bond donors (Lipinski definition) is 3. The summed E-state index contributed by atoms with van der Waals surface area (Å²) in [6, 6.07) is 17.6. The van der Waals surface area contributed by atoms with Crippen LogP contribution in [0.2, 0.25) is 0 Å². The van der Waals surface area contributed by atoms with Gasteiger partial charge < -0.3 is 25.4 Å². The largest absolute Gasteiger partial charge is 1.00 e. The minimum absolute atomic E-state index is 0. The van der Waals surface area contributed by atoms with E-state index < -0.39 is 42.1 Å². The number of anilines is 3. The average molecular weight is 752 g/mol. The van der Waals surface area contributed by atoms with Gasteiger partial charge >= 0.3 is 59.1 Å². The fraction of sp³-hybridized carbons (Fsp3) is 0.0333. The zero-order valence-electron chi connectivity index (χ0n) is 26.2. The quantitative estimate of drug-likeness (QED) is 0.0361. The molecule has 20 heteroatoms. The SMILES string of the molecule is Cn1c(=O)c(C2=Nc3ccccc3S(=O)(=O)N2)c2c3c(c(Nc4cc(N)c(S(=O)(=O)[O-])cc4SOO[O-])ccc31)C(=O)c1ccccc1-2.[Na+].[Na+]. The zero-order valence-corrected chi connectivity index (χ0v) is 32.7. The summed E-state index contributed by atoms with van der Waals surface area (Å²) in [7, 11) is -7.71. The summed E-state index contributed by atoms with van der Waals surface area (Å²) in [5.41, 5.74) is 6.25. The third kappa shape index (κ3) is 6.34. The molecule has 0 atom stereocenters. The molecular weight excluding hydrogens is 733 g/mol. The van der Waals surface area contributed by atoms with Gasteiger partial charge in [0.25, 0.3) is 15.6 Å². The van der Waals surface area contributed by atoms with Crippen LogP contribution < -0.4 is 85.7 Å². The topological polar surface area (TPSA) is 234 Å². The van der Waals surface area contributed by atoms with E-state index in [1.807, 2.05) is 0 Å². The van der Waals surface area contributed by atoms with Crippen molar-refractivity contribution in [3.8, 4) is 11.1 Å². The van der Waals surface area contributed by atoms with E-state index in [2.05, 4.69) is 24.4 Å². The molecule has 2 heterocycles. The molecule has 1 aromatic heterocycles. The summed E-state index contributed by atoms with van der Waals surface area (Å²) in [4.78, 5) is 31.9. The Hall–Kier alpha value is -3.08. The third-order valence-electron chi connectivity index (χ3n) is 7.89. The van der Waals surface area contributed by atoms with Crippen molar-refractivity contribution in [2.24, 2.45) is 12.0 Å². The second-order valence-corrected chi connectivity index (χ2v) is 14.3. The van der Waals surface area contributed by atoms with Crippen molar-refractivity contribution in [2.75, 3.05) is 11.1 Å². The number of nitrogens with one attached hydrogen (secondary N) is 2. The average Bonchev–Trinajstić information content (AvgIpc) is 3.04. The number of nitrogen functional groups attached to an aromatic ring is 1. The number of sulfonamides is 1. The first-order chi connectivity index (χ1) is 22.8. The van der Waals surface area contributed by atoms with Crippen molar-refractivity contribution in [3.05, 3.63) is 99.8 Å². The van der Waals surface area contributed by atoms with Crippen LogP contribution in [0.25, 0.3) is 22.0 Å². The van der Waals surface area contributed by atoms with E-state index in [1.165, 1.54) is 29.8 Å². The summed E-state index contributed by atoms with van der Waals surface area (Å²) < 4.78 is 70.1. The number of fused-ring (bicyclic) bond motifs is 3. The van der Waals surface area contributed by atoms with Crippen molar-refractivity contribution in [3.63, 3.8) is 0 Å². The number of amidine groups is 1. The maximum Gasteiger partial charge on any atom is 1.00 e. The Bertz CT molecular complexity index is 2580. The number of carbonyl (C=O) groups excluding carboxylic acids is 1. The van der Waals surface area contributed by atoms with E-state index in [0.29, 0.717) is 11.1 Å². The molecule has 1 aliphatic heterocycles. The van der Waals surface area contributed by atoms with E-state index in [9.17, 15) is 36.2 Å². The van der Waals surface area contributed by atoms with Gasteiger partial charge in [0, 0.05) is 23.6 Å². The number of pyridine rings is 1. The first-order valence-corrected chi connectivity index (χ1v) is 17.3. The first-order valence-electron chi connectivity index (χ1n) is 13.7. The van der Waals surface area contributed by atoms with Crippen LogP contribution >= 0.6 is 12.0 Å². The zero-order chi connectivity index (χ0) is 34.1. The number of para-hydroxylation sites is 1. The Morgan fingerprint density at radius 3 is 2.32 bits per heavy atom. The third-order valence-corrected chi connectivity index (χ3v) is 10.8. The molecule has 0 saturated carbocycles. The molecule has 0 amide bonds. The Labute approximate surface area is 332 Å². The van der Waals surface area contributed by atoms with E-state index >= 15 is 0 Å². The molecule has 15 nitrogen and oxygen atoms in total. The van der Waals surface area contributed by atoms with Gasteiger partial charge in [-0.2, -0.15) is 4.33 Å². The molecule has 2 aliphatic rings. The Balaban J connectivity index is 0.00000243. The maximum atomic E-state index is 14.3. The summed E-state index contributed by atoms with van der Waals surface area (Å²) in [5.74, 6) is -0.706. The molecule has 1 aliphatic carbocycles. The molecule has 0 spiro atoms. The second-order valence-electron chi connectivity index (χ2n) is 10.6. The number of rotatable bonds is 7. The summed E-state index contributed by atoms with van der Waals surface area (Å²) in [6.45, 7) is 0. The second kappa shape index (κ2) is 14.2. The fourth-order valence-electron chi connectivity index (χ4n) is 5.86. The number of hydrogen-bond acceptors (Lipinski definition) is 14. The monoisotopic (exact) mass is 751 g/mol. The van der Waals surface area contributed by atoms with Gasteiger partial charge in [0.05, 0.1) is 61.2 Å². The van der Waals surface area contributed by atoms with Gasteiger partial charge in [0.2, 0.25) is 0 Å². The summed E-state index contributed by atoms with van der Waals surface area (Å²) in [5, 5.41) is 17.3. The molecule has 4 aromatic carbocycles. The van der Waals surface area contributed by atoms with Crippen LogP contribution in [0.1, 0.15) is 21.5 Å². The van der Waals surface area contributed by atoms with Crippen LogP contribution in [-0.4, -0.2) is 37.6 Å². The maximum absolute atomic E-state index is 14.3. The van der Waals surface area contributed by atoms with Gasteiger partial charge in [-0.05, 0) is 42.0 Å². The van der Waals surface area contributed by atoms with Gasteiger partial charge in [-0.3, -0.25) is 19.3 Å². The van der Waals surface area contributed by atoms with Crippen LogP contribution in [-0.2, 0) is 36.6 Å². The normalized spacial score (nSPS) is 14.0. The molecule has 0 unspecified atom stereocenters. The van der Waals surface area contributed by atoms with E-state index in [0.717, 1.165) is 12.1 Å². The molecule has 4 N–H and O–H groups in total. The predicted molar refractivity (Wildman–Crippen MR) is 171 cm³/mol. The number of nitrogens with zero attached hydrogens (tertiary/aromatic N) is 2. The smallest absolute Gasteiger partial charge is 0.744 e. The number of aromatic nitrogens is 1. The van der Waals surface area contributed by atoms with Crippen molar-refractivity contribution in [1.82, 2.24) is 9.29 Å². The minimum atomic E-state index is -5.04. The number of nitrogens with two attached hydrogens (primary N) is 1. The molecule has 7 rings (SSSR count). The molecular formula is C30H19N5Na2O10S3. The number of carbonyl (C=O) groups is 1. The van der Waals surface area contributed by atoms with E-state index in [4.69, 9.17) is 5.73 Å². The van der Waals surface area contributed by atoms with Gasteiger partial charge in [-0.1, -0.05) is 36.4 Å². The van der Waals surface area contributed by atoms with Gasteiger partial charge in [0.15, 0.2) is 11.6 Å². The van der Waals surface area contributed by atoms with Crippen LogP contribution in [0.5, 0.6) is 0 Å². The number of ketones is 1. The van der Waals surface area contributed by atoms with Gasteiger partial charge in [0.1, 0.15) is 15.0 Å². The van der Waals surface area contributed by atoms with Crippen molar-refractivity contribution >= 4 is 77.5 Å². The minimum Gasteiger partial charge on any atom is -0.744 e. The standard InChI is InChI=1S/C30H21N5O10S3.2Na/c1-35-20-11-10-18(32-19-12-16(31)23(48(41,42)43)13-21(19)46-45-44-38)25-26(20)24(14-6-2-3-7-15(14)28(25)36)27(30(35)37)29-33-17-8-4-5-9-22(17)47(39,40)34-29;;/h2-13,32,38H,31H2,1H3,(H,33,34)(H,41,42,43);;/q;2*+1/p-2. The predicted octanol–water partition coefficient (Wildman–Crippen LogP) is -3.41. The van der Waals surface area contributed by atoms with Crippen molar-refractivity contribution in [2.45, 2.75) is 14.7 Å². The van der Waals surface area contributed by atoms with Crippen LogP contribution in [0, 0.1) is 0 Å². The number of aliphatic imine (C=N–C) groups is 1. The molecule has 50 heavy (non-hydrogen) atoms. The number of benzene rings is 4. The molecule has 0 bridgehead atoms. The van der Waals surface area contributed by atoms with E-state index in [1.54, 1.807) is 42.5 Å². The van der Waals surface area contributed by atoms with Crippen molar-refractivity contribution < 1.29 is 99.9 Å². The van der Waals surface area contributed by atoms with Gasteiger partial charge in [-0.15, -0.1) is 0 Å². The van der Waals surface area contributed by atoms with Crippen LogP contribution in [0.3, 0.4) is 0 Å². The molecule has 0 fully saturated rings. The first kappa shape index (κ1) is 38.2. The summed E-state index contributed by atoms with van der Waals surface area (Å²) >= 11 is 0.281. The van der Waals surface area contributed by atoms with Crippen LogP contribution in [0.15, 0.2) is 97.3 Å². The molecule has 0 radical (unpaired) electrons. The Morgan fingerprint density at radius 2 is 1.62 bits per heavy atom. The Kier molecular flexibility index (Phi) is 10.8. The van der Waals surface area contributed by atoms with E-state index in [-0.39, 0.29) is 131 Å². The molecule has 244 valence electrons. The summed E-state index contributed by atoms with van der Waals surface area (Å²) in [6.07, 6.45) is 0. The number of aryl methyl sites for hydroxylation is 1. The fourth-order valence-corrected chi connectivity index (χ4v) is 8.17. The molecule has 5 aromatic rings. The Morgan fingerprint density at radius 1 is 0.940 bits per heavy atom. The van der Waals surface area contributed by atoms with Gasteiger partial charge in [-0.25, -0.2) is 21.8 Å².